The molecule has 1 fully saturated rings. The zero-order valence-electron chi connectivity index (χ0n) is 19.2. The molecule has 10 nitrogen and oxygen atoms in total. The maximum Gasteiger partial charge on any atom is 0.236 e. The molecule has 1 aliphatic carbocycles. The highest BCUT2D eigenvalue weighted by Crippen LogP contribution is 2.24. The van der Waals surface area contributed by atoms with Gasteiger partial charge in [0.1, 0.15) is 0 Å². The Morgan fingerprint density at radius 3 is 2.64 bits per heavy atom. The number of nitrogens with zero attached hydrogens (tertiary/aromatic N) is 4. The number of aromatic nitrogens is 1. The molecule has 0 aliphatic heterocycles. The fourth-order valence-corrected chi connectivity index (χ4v) is 5.04. The highest BCUT2D eigenvalue weighted by molar-refractivity contribution is 7.88. The summed E-state index contributed by atoms with van der Waals surface area (Å²) >= 11 is 0. The summed E-state index contributed by atoms with van der Waals surface area (Å²) in [6.45, 7) is 0.594. The van der Waals surface area contributed by atoms with E-state index in [0.29, 0.717) is 31.4 Å². The number of anilines is 1. The quantitative estimate of drug-likeness (QED) is 0.0922. The predicted molar refractivity (Wildman–Crippen MR) is 127 cm³/mol. The van der Waals surface area contributed by atoms with Crippen LogP contribution in [-0.2, 0) is 14.9 Å². The predicted octanol–water partition coefficient (Wildman–Crippen LogP) is 2.62. The van der Waals surface area contributed by atoms with E-state index in [9.17, 15) is 13.5 Å². The maximum absolute atomic E-state index is 12.6. The van der Waals surface area contributed by atoms with Gasteiger partial charge in [-0.15, -0.1) is 0 Å². The number of hydrogen-bond acceptors (Lipinski definition) is 7. The van der Waals surface area contributed by atoms with Gasteiger partial charge in [-0.3, -0.25) is 20.1 Å². The van der Waals surface area contributed by atoms with Crippen molar-refractivity contribution in [3.05, 3.63) is 24.5 Å². The molecule has 184 valence electrons. The van der Waals surface area contributed by atoms with Gasteiger partial charge >= 0.3 is 0 Å². The lowest BCUT2D eigenvalue weighted by Crippen LogP contribution is -2.37. The van der Waals surface area contributed by atoms with Crippen molar-refractivity contribution >= 4 is 21.7 Å². The second-order valence-electron chi connectivity index (χ2n) is 8.11. The fraction of sp³-hybridized carbons (Fsp3) is 0.682. The van der Waals surface area contributed by atoms with E-state index in [0.717, 1.165) is 42.3 Å². The van der Waals surface area contributed by atoms with Crippen LogP contribution in [0.3, 0.4) is 0 Å². The van der Waals surface area contributed by atoms with Crippen LogP contribution in [0.2, 0.25) is 0 Å². The van der Waals surface area contributed by atoms with Crippen LogP contribution in [0.25, 0.3) is 0 Å². The number of nitriles is 1. The number of rotatable bonds is 14. The molecule has 0 bridgehead atoms. The molecule has 1 aliphatic rings. The lowest BCUT2D eigenvalue weighted by atomic mass is 9.90. The maximum atomic E-state index is 12.6. The lowest BCUT2D eigenvalue weighted by molar-refractivity contribution is -0.107. The summed E-state index contributed by atoms with van der Waals surface area (Å²) < 4.78 is 26.2. The molecule has 0 spiro atoms. The Hall–Kier alpha value is -2.26. The van der Waals surface area contributed by atoms with E-state index in [-0.39, 0.29) is 18.9 Å². The average Bonchev–Trinajstić information content (AvgIpc) is 2.82. The molecule has 0 unspecified atom stereocenters. The summed E-state index contributed by atoms with van der Waals surface area (Å²) in [5.41, 5.74) is 0.773. The molecule has 1 saturated carbocycles. The standard InChI is InChI=1S/C22H36N6O4S/c23-19-26-22(27-21-10-13-24-14-11-21)25-12-6-1-2-7-17-33(30,31)28(15-16-29)32-18-20-8-4-3-5-9-20/h10-11,13-14,20,29H,1-9,12,15-18H2,(H2,24,25,26,27). The van der Waals surface area contributed by atoms with E-state index in [2.05, 4.69) is 20.6 Å². The number of aliphatic hydroxyl groups is 1. The van der Waals surface area contributed by atoms with Crippen molar-refractivity contribution in [3.8, 4) is 6.19 Å². The van der Waals surface area contributed by atoms with E-state index >= 15 is 0 Å². The van der Waals surface area contributed by atoms with Crippen LogP contribution in [0.5, 0.6) is 0 Å². The highest BCUT2D eigenvalue weighted by atomic mass is 32.2. The molecule has 33 heavy (non-hydrogen) atoms. The number of aliphatic hydroxyl groups excluding tert-OH is 1. The molecule has 0 aromatic carbocycles. The van der Waals surface area contributed by atoms with Gasteiger partial charge < -0.3 is 10.4 Å². The summed E-state index contributed by atoms with van der Waals surface area (Å²) in [6, 6.07) is 3.54. The summed E-state index contributed by atoms with van der Waals surface area (Å²) in [6.07, 6.45) is 13.7. The number of hydrogen-bond donors (Lipinski definition) is 3. The van der Waals surface area contributed by atoms with E-state index in [4.69, 9.17) is 10.1 Å². The molecule has 11 heteroatoms. The minimum Gasteiger partial charge on any atom is -0.395 e. The third-order valence-electron chi connectivity index (χ3n) is 5.47. The van der Waals surface area contributed by atoms with Gasteiger partial charge in [0.2, 0.25) is 16.0 Å². The average molecular weight is 481 g/mol. The Morgan fingerprint density at radius 1 is 1.21 bits per heavy atom. The minimum absolute atomic E-state index is 0.00816. The molecule has 0 atom stereocenters. The number of sulfonamides is 1. The van der Waals surface area contributed by atoms with Crippen LogP contribution in [0.1, 0.15) is 57.8 Å². The second kappa shape index (κ2) is 15.6. The van der Waals surface area contributed by atoms with Gasteiger partial charge in [-0.25, -0.2) is 8.42 Å². The van der Waals surface area contributed by atoms with Crippen molar-refractivity contribution in [2.24, 2.45) is 10.9 Å². The molecule has 1 aromatic rings. The Labute approximate surface area is 197 Å². The molecule has 1 aromatic heterocycles. The number of hydroxylamine groups is 1. The first-order chi connectivity index (χ1) is 16.0. The second-order valence-corrected chi connectivity index (χ2v) is 10.1. The summed E-state index contributed by atoms with van der Waals surface area (Å²) in [7, 11) is -3.57. The first kappa shape index (κ1) is 27.0. The summed E-state index contributed by atoms with van der Waals surface area (Å²) in [4.78, 5) is 13.9. The number of aliphatic imine (C=N–C) groups is 1. The number of unbranched alkanes of at least 4 members (excludes halogenated alkanes) is 3. The lowest BCUT2D eigenvalue weighted by Gasteiger charge is -2.26. The normalized spacial score (nSPS) is 15.4. The van der Waals surface area contributed by atoms with Gasteiger partial charge in [0.25, 0.3) is 0 Å². The van der Waals surface area contributed by atoms with Crippen LogP contribution < -0.4 is 10.6 Å². The van der Waals surface area contributed by atoms with Crippen molar-refractivity contribution in [1.29, 1.82) is 5.26 Å². The molecule has 0 saturated heterocycles. The zero-order valence-corrected chi connectivity index (χ0v) is 20.0. The Bertz CT molecular complexity index is 838. The first-order valence-corrected chi connectivity index (χ1v) is 13.3. The van der Waals surface area contributed by atoms with Crippen molar-refractivity contribution in [3.63, 3.8) is 0 Å². The van der Waals surface area contributed by atoms with E-state index in [1.54, 1.807) is 24.5 Å². The number of guanidine groups is 1. The van der Waals surface area contributed by atoms with Gasteiger partial charge in [-0.2, -0.15) is 5.26 Å². The van der Waals surface area contributed by atoms with Crippen LogP contribution in [-0.4, -0.2) is 61.0 Å². The SMILES string of the molecule is N#CNC(=NCCCCCCS(=O)(=O)N(CCO)OCC1CCCCC1)Nc1ccncc1. The van der Waals surface area contributed by atoms with Crippen LogP contribution >= 0.6 is 0 Å². The zero-order chi connectivity index (χ0) is 23.8. The molecule has 2 rings (SSSR count). The largest absolute Gasteiger partial charge is 0.395 e. The Kier molecular flexibility index (Phi) is 12.7. The van der Waals surface area contributed by atoms with Gasteiger partial charge in [0, 0.05) is 24.6 Å². The minimum atomic E-state index is -3.57. The smallest absolute Gasteiger partial charge is 0.236 e. The van der Waals surface area contributed by atoms with Crippen molar-refractivity contribution < 1.29 is 18.4 Å². The number of pyridine rings is 1. The summed E-state index contributed by atoms with van der Waals surface area (Å²) in [5.74, 6) is 0.747. The first-order valence-electron chi connectivity index (χ1n) is 11.7. The van der Waals surface area contributed by atoms with Crippen LogP contribution in [0.4, 0.5) is 5.69 Å². The van der Waals surface area contributed by atoms with Gasteiger partial charge in [0.15, 0.2) is 6.19 Å². The van der Waals surface area contributed by atoms with Crippen molar-refractivity contribution in [2.75, 3.05) is 37.4 Å². The van der Waals surface area contributed by atoms with Crippen molar-refractivity contribution in [2.45, 2.75) is 57.8 Å². The molecule has 0 amide bonds. The Balaban J connectivity index is 1.68. The van der Waals surface area contributed by atoms with Crippen molar-refractivity contribution in [1.82, 2.24) is 14.8 Å². The molecular formula is C22H36N6O4S. The van der Waals surface area contributed by atoms with Gasteiger partial charge in [-0.05, 0) is 43.7 Å². The molecule has 3 N–H and O–H groups in total. The number of nitrogens with one attached hydrogen (secondary N) is 2. The van der Waals surface area contributed by atoms with Gasteiger partial charge in [-0.1, -0.05) is 36.6 Å². The topological polar surface area (TPSA) is 140 Å². The third-order valence-corrected chi connectivity index (χ3v) is 7.18. The van der Waals surface area contributed by atoms with E-state index in [1.165, 1.54) is 19.3 Å². The fourth-order valence-electron chi connectivity index (χ4n) is 3.69. The third kappa shape index (κ3) is 10.9. The van der Waals surface area contributed by atoms with E-state index in [1.807, 2.05) is 6.19 Å². The molecular weight excluding hydrogens is 444 g/mol. The van der Waals surface area contributed by atoms with Crippen LogP contribution in [0.15, 0.2) is 29.5 Å². The Morgan fingerprint density at radius 2 is 1.94 bits per heavy atom. The summed E-state index contributed by atoms with van der Waals surface area (Å²) in [5, 5.41) is 23.7. The van der Waals surface area contributed by atoms with Gasteiger partial charge in [0.05, 0.1) is 25.5 Å². The monoisotopic (exact) mass is 480 g/mol. The molecule has 1 heterocycles. The van der Waals surface area contributed by atoms with Crippen LogP contribution in [0, 0.1) is 17.4 Å². The van der Waals surface area contributed by atoms with E-state index < -0.39 is 10.0 Å². The molecule has 0 radical (unpaired) electrons. The highest BCUT2D eigenvalue weighted by Gasteiger charge is 2.24.